The molecule has 1 aliphatic rings. The van der Waals surface area contributed by atoms with Crippen molar-refractivity contribution in [1.29, 1.82) is 0 Å². The molecule has 0 atom stereocenters. The molecule has 0 bridgehead atoms. The van der Waals surface area contributed by atoms with Gasteiger partial charge in [-0.15, -0.1) is 0 Å². The quantitative estimate of drug-likeness (QED) is 0.172. The molecule has 1 amide bonds. The third kappa shape index (κ3) is 7.53. The molecule has 1 saturated heterocycles. The Labute approximate surface area is 172 Å². The summed E-state index contributed by atoms with van der Waals surface area (Å²) < 4.78 is 5.37. The molecule has 0 saturated carbocycles. The second-order valence-electron chi connectivity index (χ2n) is 6.64. The minimum absolute atomic E-state index is 0.236. The summed E-state index contributed by atoms with van der Waals surface area (Å²) in [6.07, 6.45) is 6.23. The molecular weight excluding hydrogens is 368 g/mol. The van der Waals surface area contributed by atoms with E-state index in [1.54, 1.807) is 19.3 Å². The van der Waals surface area contributed by atoms with Crippen molar-refractivity contribution in [3.8, 4) is 0 Å². The van der Waals surface area contributed by atoms with Gasteiger partial charge in [0.2, 0.25) is 5.91 Å². The van der Waals surface area contributed by atoms with Crippen molar-refractivity contribution in [3.05, 3.63) is 65.0 Å². The third-order valence-electron chi connectivity index (χ3n) is 4.52. The van der Waals surface area contributed by atoms with Crippen LogP contribution in [0.5, 0.6) is 0 Å². The largest absolute Gasteiger partial charge is 0.397 e. The van der Waals surface area contributed by atoms with Crippen LogP contribution in [0.25, 0.3) is 0 Å². The van der Waals surface area contributed by atoms with E-state index in [-0.39, 0.29) is 5.91 Å². The van der Waals surface area contributed by atoms with Crippen molar-refractivity contribution in [3.63, 3.8) is 0 Å². The summed E-state index contributed by atoms with van der Waals surface area (Å²) >= 11 is 0. The van der Waals surface area contributed by atoms with Crippen LogP contribution in [-0.2, 0) is 16.1 Å². The Morgan fingerprint density at radius 1 is 1.24 bits per heavy atom. The van der Waals surface area contributed by atoms with Crippen LogP contribution >= 0.6 is 0 Å². The van der Waals surface area contributed by atoms with E-state index in [1.807, 2.05) is 31.2 Å². The monoisotopic (exact) mass is 398 g/mol. The molecule has 1 heterocycles. The number of rotatable bonds is 8. The first-order chi connectivity index (χ1) is 14.0. The van der Waals surface area contributed by atoms with Crippen LogP contribution in [0, 0.1) is 0 Å². The summed E-state index contributed by atoms with van der Waals surface area (Å²) in [6.45, 7) is 6.16. The van der Waals surface area contributed by atoms with Gasteiger partial charge in [-0.25, -0.2) is 0 Å². The molecule has 29 heavy (non-hydrogen) atoms. The zero-order chi connectivity index (χ0) is 21.1. The summed E-state index contributed by atoms with van der Waals surface area (Å²) in [5.74, 6) is 5.02. The lowest BCUT2D eigenvalue weighted by Crippen LogP contribution is -2.35. The van der Waals surface area contributed by atoms with Crippen molar-refractivity contribution in [2.24, 2.45) is 16.6 Å². The van der Waals surface area contributed by atoms with Gasteiger partial charge < -0.3 is 21.2 Å². The van der Waals surface area contributed by atoms with Crippen LogP contribution in [0.3, 0.4) is 0 Å². The van der Waals surface area contributed by atoms with Crippen molar-refractivity contribution in [1.82, 2.24) is 10.3 Å². The summed E-state index contributed by atoms with van der Waals surface area (Å²) in [5, 5.41) is 2.86. The van der Waals surface area contributed by atoms with Crippen LogP contribution in [0.1, 0.15) is 12.5 Å². The zero-order valence-electron chi connectivity index (χ0n) is 17.0. The fourth-order valence-electron chi connectivity index (χ4n) is 2.83. The van der Waals surface area contributed by atoms with E-state index >= 15 is 0 Å². The lowest BCUT2D eigenvalue weighted by atomic mass is 10.1. The molecule has 0 radical (unpaired) electrons. The van der Waals surface area contributed by atoms with Gasteiger partial charge in [-0.1, -0.05) is 12.1 Å². The highest BCUT2D eigenvalue weighted by Gasteiger charge is 2.10. The van der Waals surface area contributed by atoms with E-state index < -0.39 is 0 Å². The smallest absolute Gasteiger partial charge is 0.248 e. The Morgan fingerprint density at radius 3 is 2.55 bits per heavy atom. The van der Waals surface area contributed by atoms with Gasteiger partial charge in [0.15, 0.2) is 0 Å². The van der Waals surface area contributed by atoms with Gasteiger partial charge in [-0.2, -0.15) is 0 Å². The molecule has 0 aromatic heterocycles. The van der Waals surface area contributed by atoms with Crippen molar-refractivity contribution in [2.45, 2.75) is 13.5 Å². The van der Waals surface area contributed by atoms with E-state index in [0.29, 0.717) is 11.3 Å². The van der Waals surface area contributed by atoms with Crippen LogP contribution in [0.4, 0.5) is 5.69 Å². The van der Waals surface area contributed by atoms with Gasteiger partial charge in [0, 0.05) is 50.9 Å². The topological polar surface area (TPSA) is 118 Å². The number of hydrazine groups is 1. The van der Waals surface area contributed by atoms with Crippen LogP contribution in [-0.4, -0.2) is 50.4 Å². The Balaban J connectivity index is 1.97. The highest BCUT2D eigenvalue weighted by molar-refractivity contribution is 6.00. The lowest BCUT2D eigenvalue weighted by molar-refractivity contribution is -0.111. The Kier molecular flexibility index (Phi) is 9.10. The minimum atomic E-state index is -0.236. The number of morpholine rings is 1. The highest BCUT2D eigenvalue weighted by Crippen LogP contribution is 2.13. The average molecular weight is 399 g/mol. The predicted octanol–water partition coefficient (Wildman–Crippen LogP) is 1.29. The molecule has 1 aromatic rings. The maximum Gasteiger partial charge on any atom is 0.248 e. The van der Waals surface area contributed by atoms with E-state index in [9.17, 15) is 4.79 Å². The minimum Gasteiger partial charge on any atom is -0.397 e. The maximum absolute atomic E-state index is 12.3. The van der Waals surface area contributed by atoms with E-state index in [2.05, 4.69) is 20.6 Å². The summed E-state index contributed by atoms with van der Waals surface area (Å²) in [7, 11) is 1.65. The van der Waals surface area contributed by atoms with E-state index in [1.165, 1.54) is 17.8 Å². The number of nitrogens with one attached hydrogen (secondary N) is 2. The SMILES string of the molecule is CN=CC(/C=C/C(=O)Nc1ccc(CN2CCOCC2)cc1)=C(C)/C(N)=C/NN. The molecule has 8 nitrogen and oxygen atoms in total. The number of carbonyl (C=O) groups is 1. The number of ether oxygens (including phenoxy) is 1. The number of nitrogens with zero attached hydrogens (tertiary/aromatic N) is 2. The number of carbonyl (C=O) groups excluding carboxylic acids is 1. The molecule has 0 unspecified atom stereocenters. The fraction of sp³-hybridized carbons (Fsp3) is 0.333. The molecule has 1 aromatic carbocycles. The fourth-order valence-corrected chi connectivity index (χ4v) is 2.83. The number of amides is 1. The first-order valence-corrected chi connectivity index (χ1v) is 9.46. The number of allylic oxidation sites excluding steroid dienone is 3. The van der Waals surface area contributed by atoms with Gasteiger partial charge in [-0.3, -0.25) is 20.5 Å². The Morgan fingerprint density at radius 2 is 1.93 bits per heavy atom. The summed E-state index contributed by atoms with van der Waals surface area (Å²) in [4.78, 5) is 18.6. The van der Waals surface area contributed by atoms with Gasteiger partial charge in [0.05, 0.1) is 18.9 Å². The average Bonchev–Trinajstić information content (AvgIpc) is 2.73. The number of benzene rings is 1. The van der Waals surface area contributed by atoms with Crippen molar-refractivity contribution >= 4 is 17.8 Å². The Bertz CT molecular complexity index is 790. The summed E-state index contributed by atoms with van der Waals surface area (Å²) in [5.41, 5.74) is 12.2. The van der Waals surface area contributed by atoms with Gasteiger partial charge in [0.1, 0.15) is 0 Å². The molecule has 0 spiro atoms. The molecular formula is C21H30N6O2. The second kappa shape index (κ2) is 11.8. The molecule has 1 aliphatic heterocycles. The number of anilines is 1. The van der Waals surface area contributed by atoms with Gasteiger partial charge in [0.25, 0.3) is 0 Å². The highest BCUT2D eigenvalue weighted by atomic mass is 16.5. The maximum atomic E-state index is 12.3. The normalized spacial score (nSPS) is 16.9. The molecule has 6 N–H and O–H groups in total. The predicted molar refractivity (Wildman–Crippen MR) is 117 cm³/mol. The number of aliphatic imine (C=N–C) groups is 1. The van der Waals surface area contributed by atoms with Crippen LogP contribution in [0.15, 0.2) is 64.5 Å². The zero-order valence-corrected chi connectivity index (χ0v) is 17.0. The van der Waals surface area contributed by atoms with Crippen LogP contribution in [0.2, 0.25) is 0 Å². The van der Waals surface area contributed by atoms with Crippen molar-refractivity contribution < 1.29 is 9.53 Å². The standard InChI is InChI=1S/C21H30N6O2/c1-16(20(22)14-25-23)18(13-24-2)5-8-21(28)26-19-6-3-17(4-7-19)15-27-9-11-29-12-10-27/h3-8,13-14,25H,9-12,15,22-23H2,1-2H3,(H,26,28)/b8-5+,18-16+,20-14-,24-13?. The van der Waals surface area contributed by atoms with Gasteiger partial charge >= 0.3 is 0 Å². The lowest BCUT2D eigenvalue weighted by Gasteiger charge is -2.26. The molecule has 0 aliphatic carbocycles. The van der Waals surface area contributed by atoms with Crippen molar-refractivity contribution in [2.75, 3.05) is 38.7 Å². The van der Waals surface area contributed by atoms with Gasteiger partial charge in [-0.05, 0) is 41.8 Å². The van der Waals surface area contributed by atoms with Crippen LogP contribution < -0.4 is 22.3 Å². The number of hydrogen-bond donors (Lipinski definition) is 4. The number of hydrogen-bond acceptors (Lipinski definition) is 7. The second-order valence-corrected chi connectivity index (χ2v) is 6.64. The molecule has 2 rings (SSSR count). The third-order valence-corrected chi connectivity index (χ3v) is 4.52. The molecule has 8 heteroatoms. The first kappa shape index (κ1) is 22.4. The molecule has 156 valence electrons. The van der Waals surface area contributed by atoms with E-state index in [4.69, 9.17) is 16.3 Å². The Hall–Kier alpha value is -2.94. The molecule has 1 fully saturated rings. The van der Waals surface area contributed by atoms with E-state index in [0.717, 1.165) is 44.1 Å². The number of nitrogens with two attached hydrogens (primary N) is 2. The first-order valence-electron chi connectivity index (χ1n) is 9.46. The summed E-state index contributed by atoms with van der Waals surface area (Å²) in [6, 6.07) is 7.87.